The minimum absolute atomic E-state index is 0.0932. The molecule has 3 nitrogen and oxygen atoms in total. The number of cyclic esters (lactones) is 1. The zero-order valence-electron chi connectivity index (χ0n) is 14.8. The molecule has 0 unspecified atom stereocenters. The van der Waals surface area contributed by atoms with Crippen molar-refractivity contribution in [3.63, 3.8) is 0 Å². The molecule has 0 spiro atoms. The van der Waals surface area contributed by atoms with E-state index < -0.39 is 13.7 Å². The molecule has 0 N–H and O–H groups in total. The van der Waals surface area contributed by atoms with Crippen LogP contribution in [0.1, 0.15) is 46.3 Å². The van der Waals surface area contributed by atoms with E-state index in [0.29, 0.717) is 0 Å². The maximum absolute atomic E-state index is 12.3. The fourth-order valence-corrected chi connectivity index (χ4v) is 3.82. The van der Waals surface area contributed by atoms with E-state index in [1.807, 2.05) is 44.2 Å². The smallest absolute Gasteiger partial charge is 0.314 e. The van der Waals surface area contributed by atoms with Gasteiger partial charge in [0.1, 0.15) is 6.10 Å². The summed E-state index contributed by atoms with van der Waals surface area (Å²) in [5.74, 6) is -0.176. The summed E-state index contributed by atoms with van der Waals surface area (Å²) in [4.78, 5) is 12.3. The molecule has 0 saturated carbocycles. The van der Waals surface area contributed by atoms with Crippen LogP contribution in [0, 0.1) is 5.41 Å². The van der Waals surface area contributed by atoms with Gasteiger partial charge in [0.05, 0.1) is 5.41 Å². The highest BCUT2D eigenvalue weighted by Gasteiger charge is 2.55. The van der Waals surface area contributed by atoms with Crippen LogP contribution in [-0.4, -0.2) is 20.4 Å². The average molecular weight is 321 g/mol. The molecule has 1 saturated heterocycles. The fourth-order valence-electron chi connectivity index (χ4n) is 2.41. The quantitative estimate of drug-likeness (QED) is 0.598. The van der Waals surface area contributed by atoms with Crippen molar-refractivity contribution in [1.29, 1.82) is 0 Å². The van der Waals surface area contributed by atoms with Crippen molar-refractivity contribution in [3.8, 4) is 0 Å². The van der Waals surface area contributed by atoms with E-state index >= 15 is 0 Å². The Kier molecular flexibility index (Phi) is 4.30. The van der Waals surface area contributed by atoms with Crippen LogP contribution in [0.4, 0.5) is 0 Å². The molecule has 4 heteroatoms. The minimum atomic E-state index is -2.00. The van der Waals surface area contributed by atoms with Gasteiger partial charge < -0.3 is 9.16 Å². The number of hydrogen-bond acceptors (Lipinski definition) is 3. The molecular weight excluding hydrogens is 292 g/mol. The molecule has 1 aromatic rings. The molecule has 122 valence electrons. The van der Waals surface area contributed by atoms with Crippen molar-refractivity contribution in [2.75, 3.05) is 0 Å². The largest absolute Gasteiger partial charge is 0.454 e. The summed E-state index contributed by atoms with van der Waals surface area (Å²) in [5.41, 5.74) is 0.376. The second-order valence-corrected chi connectivity index (χ2v) is 13.0. The molecule has 2 atom stereocenters. The molecule has 0 aromatic heterocycles. The second-order valence-electron chi connectivity index (χ2n) is 8.26. The van der Waals surface area contributed by atoms with Gasteiger partial charge in [0.25, 0.3) is 0 Å². The van der Waals surface area contributed by atoms with Crippen LogP contribution < -0.4 is 0 Å². The first-order chi connectivity index (χ1) is 9.97. The molecule has 0 aliphatic carbocycles. The minimum Gasteiger partial charge on any atom is -0.454 e. The Labute approximate surface area is 135 Å². The third-order valence-electron chi connectivity index (χ3n) is 5.10. The lowest BCUT2D eigenvalue weighted by molar-refractivity contribution is -0.147. The highest BCUT2D eigenvalue weighted by molar-refractivity contribution is 6.74. The van der Waals surface area contributed by atoms with Crippen LogP contribution in [0.2, 0.25) is 18.1 Å². The molecule has 1 aliphatic rings. The van der Waals surface area contributed by atoms with Crippen molar-refractivity contribution in [3.05, 3.63) is 35.9 Å². The van der Waals surface area contributed by atoms with Gasteiger partial charge in [0.2, 0.25) is 0 Å². The number of benzene rings is 1. The van der Waals surface area contributed by atoms with E-state index in [1.54, 1.807) is 0 Å². The lowest BCUT2D eigenvalue weighted by atomic mass is 9.85. The molecule has 1 aromatic carbocycles. The molecule has 2 rings (SSSR count). The Bertz CT molecular complexity index is 543. The molecule has 1 fully saturated rings. The van der Waals surface area contributed by atoms with Crippen LogP contribution in [0.5, 0.6) is 0 Å². The summed E-state index contributed by atoms with van der Waals surface area (Å²) < 4.78 is 12.3. The summed E-state index contributed by atoms with van der Waals surface area (Å²) in [7, 11) is -2.00. The zero-order chi connectivity index (χ0) is 16.8. The predicted octanol–water partition coefficient (Wildman–Crippen LogP) is 4.70. The van der Waals surface area contributed by atoms with Gasteiger partial charge in [-0.3, -0.25) is 4.79 Å². The van der Waals surface area contributed by atoms with Gasteiger partial charge in [-0.05, 0) is 37.5 Å². The van der Waals surface area contributed by atoms with Crippen LogP contribution in [0.3, 0.4) is 0 Å². The number of hydrogen-bond donors (Lipinski definition) is 0. The number of carbonyl (C=O) groups excluding carboxylic acids is 1. The number of esters is 1. The van der Waals surface area contributed by atoms with E-state index in [0.717, 1.165) is 5.56 Å². The summed E-state index contributed by atoms with van der Waals surface area (Å²) >= 11 is 0. The Hall–Kier alpha value is -1.13. The molecule has 1 heterocycles. The molecule has 0 bridgehead atoms. The van der Waals surface area contributed by atoms with Crippen LogP contribution in [0.15, 0.2) is 30.3 Å². The summed E-state index contributed by atoms with van der Waals surface area (Å²) in [6.07, 6.45) is -0.568. The first-order valence-corrected chi connectivity index (χ1v) is 10.8. The lowest BCUT2D eigenvalue weighted by Crippen LogP contribution is -2.48. The zero-order valence-corrected chi connectivity index (χ0v) is 15.8. The van der Waals surface area contributed by atoms with E-state index in [4.69, 9.17) is 9.16 Å². The van der Waals surface area contributed by atoms with Crippen molar-refractivity contribution in [2.24, 2.45) is 5.41 Å². The Morgan fingerprint density at radius 2 is 1.68 bits per heavy atom. The number of rotatable bonds is 3. The van der Waals surface area contributed by atoms with Gasteiger partial charge in [-0.1, -0.05) is 51.1 Å². The van der Waals surface area contributed by atoms with E-state index in [2.05, 4.69) is 33.9 Å². The SMILES string of the molecule is CC1(C)C(=O)O[C@H](c2ccccc2)[C@@H]1O[Si](C)(C)C(C)(C)C. The number of carbonyl (C=O) groups is 1. The van der Waals surface area contributed by atoms with Crippen LogP contribution in [0.25, 0.3) is 0 Å². The van der Waals surface area contributed by atoms with Gasteiger partial charge in [0, 0.05) is 0 Å². The van der Waals surface area contributed by atoms with E-state index in [-0.39, 0.29) is 23.2 Å². The van der Waals surface area contributed by atoms with Gasteiger partial charge >= 0.3 is 5.97 Å². The standard InChI is InChI=1S/C18H28O3Si/c1-17(2,3)22(6,7)21-15-14(13-11-9-8-10-12-13)20-16(19)18(15,4)5/h8-12,14-15H,1-7H3/t14-,15+/m1/s1. The lowest BCUT2D eigenvalue weighted by Gasteiger charge is -2.41. The Morgan fingerprint density at radius 3 is 2.18 bits per heavy atom. The topological polar surface area (TPSA) is 35.5 Å². The van der Waals surface area contributed by atoms with Crippen LogP contribution in [-0.2, 0) is 14.0 Å². The highest BCUT2D eigenvalue weighted by Crippen LogP contribution is 2.48. The van der Waals surface area contributed by atoms with Crippen molar-refractivity contribution >= 4 is 14.3 Å². The van der Waals surface area contributed by atoms with Crippen molar-refractivity contribution in [2.45, 2.75) is 65.0 Å². The number of ether oxygens (including phenoxy) is 1. The fraction of sp³-hybridized carbons (Fsp3) is 0.611. The van der Waals surface area contributed by atoms with Gasteiger partial charge in [-0.25, -0.2) is 0 Å². The van der Waals surface area contributed by atoms with Crippen molar-refractivity contribution < 1.29 is 14.0 Å². The average Bonchev–Trinajstić information content (AvgIpc) is 2.62. The highest BCUT2D eigenvalue weighted by atomic mass is 28.4. The first kappa shape index (κ1) is 17.2. The van der Waals surface area contributed by atoms with Gasteiger partial charge in [-0.15, -0.1) is 0 Å². The normalized spacial score (nSPS) is 25.1. The maximum Gasteiger partial charge on any atom is 0.314 e. The van der Waals surface area contributed by atoms with E-state index in [1.165, 1.54) is 0 Å². The summed E-state index contributed by atoms with van der Waals surface area (Å²) in [6, 6.07) is 9.91. The van der Waals surface area contributed by atoms with Gasteiger partial charge in [-0.2, -0.15) is 0 Å². The van der Waals surface area contributed by atoms with Crippen LogP contribution >= 0.6 is 0 Å². The summed E-state index contributed by atoms with van der Waals surface area (Å²) in [5, 5.41) is 0.0932. The molecule has 0 amide bonds. The maximum atomic E-state index is 12.3. The van der Waals surface area contributed by atoms with Gasteiger partial charge in [0.15, 0.2) is 14.4 Å². The molecule has 0 radical (unpaired) electrons. The first-order valence-electron chi connectivity index (χ1n) is 7.91. The monoisotopic (exact) mass is 320 g/mol. The molecular formula is C18H28O3Si. The molecule has 1 aliphatic heterocycles. The molecule has 22 heavy (non-hydrogen) atoms. The second kappa shape index (κ2) is 5.50. The third kappa shape index (κ3) is 2.99. The third-order valence-corrected chi connectivity index (χ3v) is 9.56. The van der Waals surface area contributed by atoms with E-state index in [9.17, 15) is 4.79 Å². The predicted molar refractivity (Wildman–Crippen MR) is 91.1 cm³/mol. The Morgan fingerprint density at radius 1 is 1.14 bits per heavy atom. The Balaban J connectivity index is 2.37. The van der Waals surface area contributed by atoms with Crippen molar-refractivity contribution in [1.82, 2.24) is 0 Å². The summed E-state index contributed by atoms with van der Waals surface area (Å²) in [6.45, 7) is 14.9.